The molecule has 1 saturated heterocycles. The summed E-state index contributed by atoms with van der Waals surface area (Å²) in [6, 6.07) is -1.40. The molecule has 4 N–H and O–H groups in total. The molecule has 0 spiro atoms. The fourth-order valence-electron chi connectivity index (χ4n) is 1.62. The van der Waals surface area contributed by atoms with Crippen molar-refractivity contribution in [2.45, 2.75) is 18.5 Å². The molecular weight excluding hydrogens is 236 g/mol. The molecule has 1 aliphatic rings. The molecule has 1 heterocycles. The third kappa shape index (κ3) is 2.33. The average molecular weight is 252 g/mol. The summed E-state index contributed by atoms with van der Waals surface area (Å²) >= 11 is 0. The number of carboxylic acid groups (broad SMARTS) is 1. The lowest BCUT2D eigenvalue weighted by Crippen LogP contribution is -2.46. The number of nitrogens with two attached hydrogens (primary N) is 1. The van der Waals surface area contributed by atoms with Crippen molar-refractivity contribution in [2.75, 3.05) is 20.6 Å². The predicted molar refractivity (Wildman–Crippen MR) is 56.5 cm³/mol. The molecule has 0 aliphatic carbocycles. The summed E-state index contributed by atoms with van der Waals surface area (Å²) < 4.78 is 25.6. The van der Waals surface area contributed by atoms with Gasteiger partial charge in [0, 0.05) is 26.7 Å². The van der Waals surface area contributed by atoms with Crippen molar-refractivity contribution < 1.29 is 18.3 Å². The molecule has 94 valence electrons. The van der Waals surface area contributed by atoms with E-state index < -0.39 is 22.2 Å². The number of hydrazine groups is 1. The Bertz CT molecular complexity index is 369. The normalized spacial score (nSPS) is 27.5. The van der Waals surface area contributed by atoms with Gasteiger partial charge in [-0.2, -0.15) is 17.0 Å². The van der Waals surface area contributed by atoms with Crippen molar-refractivity contribution in [3.63, 3.8) is 0 Å². The zero-order chi connectivity index (χ0) is 12.5. The molecule has 2 unspecified atom stereocenters. The zero-order valence-electron chi connectivity index (χ0n) is 9.12. The molecule has 0 radical (unpaired) electrons. The summed E-state index contributed by atoms with van der Waals surface area (Å²) in [5, 5.41) is 8.95. The predicted octanol–water partition coefficient (Wildman–Crippen LogP) is -2.22. The molecule has 1 fully saturated rings. The maximum Gasteiger partial charge on any atom is 0.322 e. The second kappa shape index (κ2) is 4.63. The Morgan fingerprint density at radius 3 is 2.50 bits per heavy atom. The molecule has 0 aromatic heterocycles. The van der Waals surface area contributed by atoms with E-state index in [9.17, 15) is 13.2 Å². The van der Waals surface area contributed by atoms with Crippen LogP contribution in [0.5, 0.6) is 0 Å². The van der Waals surface area contributed by atoms with Crippen LogP contribution in [0, 0.1) is 0 Å². The Labute approximate surface area is 94.2 Å². The van der Waals surface area contributed by atoms with Crippen LogP contribution in [-0.2, 0) is 15.0 Å². The topological polar surface area (TPSA) is 116 Å². The highest BCUT2D eigenvalue weighted by Gasteiger charge is 2.43. The van der Waals surface area contributed by atoms with E-state index in [4.69, 9.17) is 10.9 Å². The second-order valence-corrected chi connectivity index (χ2v) is 5.91. The largest absolute Gasteiger partial charge is 0.480 e. The Balaban J connectivity index is 2.98. The van der Waals surface area contributed by atoms with Gasteiger partial charge in [0.1, 0.15) is 6.04 Å². The minimum Gasteiger partial charge on any atom is -0.480 e. The lowest BCUT2D eigenvalue weighted by Gasteiger charge is -2.24. The highest BCUT2D eigenvalue weighted by atomic mass is 32.2. The van der Waals surface area contributed by atoms with Crippen molar-refractivity contribution in [3.8, 4) is 0 Å². The van der Waals surface area contributed by atoms with Gasteiger partial charge in [-0.05, 0) is 6.42 Å². The molecular formula is C7H16N4O4S. The van der Waals surface area contributed by atoms with Crippen LogP contribution in [0.1, 0.15) is 6.42 Å². The lowest BCUT2D eigenvalue weighted by atomic mass is 10.2. The standard InChI is InChI=1S/C7H16N4O4S/c1-10(2)16(14,15)11-4-5(9-8)3-6(11)7(12)13/h5-6,9H,3-4,8H2,1-2H3,(H,12,13). The molecule has 1 rings (SSSR count). The van der Waals surface area contributed by atoms with Crippen molar-refractivity contribution in [1.29, 1.82) is 0 Å². The third-order valence-corrected chi connectivity index (χ3v) is 4.45. The molecule has 0 bridgehead atoms. The lowest BCUT2D eigenvalue weighted by molar-refractivity contribution is -0.140. The van der Waals surface area contributed by atoms with Crippen molar-refractivity contribution in [2.24, 2.45) is 5.84 Å². The van der Waals surface area contributed by atoms with Crippen molar-refractivity contribution in [1.82, 2.24) is 14.0 Å². The first-order valence-corrected chi connectivity index (χ1v) is 6.08. The van der Waals surface area contributed by atoms with Gasteiger partial charge >= 0.3 is 5.97 Å². The van der Waals surface area contributed by atoms with Gasteiger partial charge in [0.15, 0.2) is 0 Å². The molecule has 0 saturated carbocycles. The summed E-state index contributed by atoms with van der Waals surface area (Å²) in [5.41, 5.74) is 2.40. The first kappa shape index (κ1) is 13.3. The summed E-state index contributed by atoms with van der Waals surface area (Å²) in [5.74, 6) is 4.04. The van der Waals surface area contributed by atoms with Gasteiger partial charge in [0.2, 0.25) is 0 Å². The van der Waals surface area contributed by atoms with Gasteiger partial charge in [0.25, 0.3) is 10.2 Å². The number of hydrogen-bond acceptors (Lipinski definition) is 5. The number of nitrogens with zero attached hydrogens (tertiary/aromatic N) is 2. The summed E-state index contributed by atoms with van der Waals surface area (Å²) in [7, 11) is -1.01. The zero-order valence-corrected chi connectivity index (χ0v) is 9.94. The Kier molecular flexibility index (Phi) is 3.86. The van der Waals surface area contributed by atoms with E-state index in [2.05, 4.69) is 5.43 Å². The van der Waals surface area contributed by atoms with Crippen LogP contribution < -0.4 is 11.3 Å². The van der Waals surface area contributed by atoms with Crippen LogP contribution in [0.2, 0.25) is 0 Å². The average Bonchev–Trinajstić information content (AvgIpc) is 2.61. The molecule has 0 aromatic carbocycles. The van der Waals surface area contributed by atoms with E-state index >= 15 is 0 Å². The van der Waals surface area contributed by atoms with Crippen molar-refractivity contribution in [3.05, 3.63) is 0 Å². The summed E-state index contributed by atoms with van der Waals surface area (Å²) in [6.07, 6.45) is 0.166. The first-order valence-electron chi connectivity index (χ1n) is 4.69. The molecule has 16 heavy (non-hydrogen) atoms. The van der Waals surface area contributed by atoms with Gasteiger partial charge < -0.3 is 5.11 Å². The molecule has 0 aromatic rings. The number of hydrogen-bond donors (Lipinski definition) is 3. The van der Waals surface area contributed by atoms with Crippen LogP contribution in [-0.4, -0.2) is 60.8 Å². The second-order valence-electron chi connectivity index (χ2n) is 3.81. The quantitative estimate of drug-likeness (QED) is 0.386. The van der Waals surface area contributed by atoms with Gasteiger partial charge in [0.05, 0.1) is 0 Å². The first-order chi connectivity index (χ1) is 7.30. The summed E-state index contributed by atoms with van der Waals surface area (Å²) in [4.78, 5) is 10.9. The highest BCUT2D eigenvalue weighted by molar-refractivity contribution is 7.86. The molecule has 9 heteroatoms. The third-order valence-electron chi connectivity index (χ3n) is 2.53. The fraction of sp³-hybridized carbons (Fsp3) is 0.857. The van der Waals surface area contributed by atoms with Gasteiger partial charge in [-0.1, -0.05) is 0 Å². The van der Waals surface area contributed by atoms with Gasteiger partial charge in [-0.3, -0.25) is 16.1 Å². The molecule has 0 amide bonds. The van der Waals surface area contributed by atoms with Crippen LogP contribution in [0.25, 0.3) is 0 Å². The molecule has 2 atom stereocenters. The Morgan fingerprint density at radius 1 is 1.56 bits per heavy atom. The van der Waals surface area contributed by atoms with E-state index in [1.54, 1.807) is 0 Å². The van der Waals surface area contributed by atoms with E-state index in [-0.39, 0.29) is 19.0 Å². The number of carboxylic acids is 1. The Morgan fingerprint density at radius 2 is 2.12 bits per heavy atom. The number of rotatable bonds is 4. The fourth-order valence-corrected chi connectivity index (χ4v) is 2.90. The van der Waals surface area contributed by atoms with Gasteiger partial charge in [-0.25, -0.2) is 0 Å². The minimum atomic E-state index is -3.72. The van der Waals surface area contributed by atoms with E-state index in [0.717, 1.165) is 8.61 Å². The number of aliphatic carboxylic acids is 1. The van der Waals surface area contributed by atoms with E-state index in [1.807, 2.05) is 0 Å². The van der Waals surface area contributed by atoms with Crippen molar-refractivity contribution >= 4 is 16.2 Å². The molecule has 1 aliphatic heterocycles. The van der Waals surface area contributed by atoms with Crippen LogP contribution in [0.4, 0.5) is 0 Å². The van der Waals surface area contributed by atoms with Crippen LogP contribution >= 0.6 is 0 Å². The van der Waals surface area contributed by atoms with E-state index in [0.29, 0.717) is 0 Å². The maximum atomic E-state index is 11.8. The Hall–Kier alpha value is -0.740. The summed E-state index contributed by atoms with van der Waals surface area (Å²) in [6.45, 7) is 0.0635. The van der Waals surface area contributed by atoms with Gasteiger partial charge in [-0.15, -0.1) is 0 Å². The van der Waals surface area contributed by atoms with E-state index in [1.165, 1.54) is 14.1 Å². The highest BCUT2D eigenvalue weighted by Crippen LogP contribution is 2.22. The monoisotopic (exact) mass is 252 g/mol. The molecule has 8 nitrogen and oxygen atoms in total. The number of nitrogens with one attached hydrogen (secondary N) is 1. The SMILES string of the molecule is CN(C)S(=O)(=O)N1CC(NN)CC1C(=O)O. The number of carbonyl (C=O) groups is 1. The smallest absolute Gasteiger partial charge is 0.322 e. The minimum absolute atomic E-state index is 0.0635. The maximum absolute atomic E-state index is 11.8. The van der Waals surface area contributed by atoms with Crippen LogP contribution in [0.3, 0.4) is 0 Å². The van der Waals surface area contributed by atoms with Crippen LogP contribution in [0.15, 0.2) is 0 Å².